The quantitative estimate of drug-likeness (QED) is 0.757. The number of halogens is 1. The van der Waals surface area contributed by atoms with Crippen LogP contribution in [0.5, 0.6) is 0 Å². The highest BCUT2D eigenvalue weighted by Gasteiger charge is 2.28. The fourth-order valence-corrected chi connectivity index (χ4v) is 4.89. The van der Waals surface area contributed by atoms with E-state index in [0.717, 1.165) is 5.56 Å². The highest BCUT2D eigenvalue weighted by Crippen LogP contribution is 2.22. The van der Waals surface area contributed by atoms with Gasteiger partial charge in [-0.15, -0.1) is 0 Å². The first-order valence-corrected chi connectivity index (χ1v) is 11.2. The molecule has 9 heteroatoms. The molecule has 162 valence electrons. The fraction of sp³-hybridized carbons (Fsp3) is 0.381. The molecule has 1 unspecified atom stereocenters. The van der Waals surface area contributed by atoms with Gasteiger partial charge < -0.3 is 15.0 Å². The van der Waals surface area contributed by atoms with Crippen molar-refractivity contribution in [3.8, 4) is 0 Å². The van der Waals surface area contributed by atoms with Gasteiger partial charge in [-0.2, -0.15) is 4.31 Å². The van der Waals surface area contributed by atoms with E-state index in [1.54, 1.807) is 43.4 Å². The van der Waals surface area contributed by atoms with E-state index in [1.807, 2.05) is 6.92 Å². The molecule has 1 aliphatic rings. The highest BCUT2D eigenvalue weighted by atomic mass is 32.2. The van der Waals surface area contributed by atoms with Gasteiger partial charge in [0, 0.05) is 26.7 Å². The Hall–Kier alpha value is -2.49. The van der Waals surface area contributed by atoms with Gasteiger partial charge in [-0.3, -0.25) is 0 Å². The zero-order valence-electron chi connectivity index (χ0n) is 17.0. The molecule has 1 aliphatic heterocycles. The van der Waals surface area contributed by atoms with E-state index < -0.39 is 10.0 Å². The lowest BCUT2D eigenvalue weighted by Crippen LogP contribution is -2.41. The van der Waals surface area contributed by atoms with Gasteiger partial charge in [0.1, 0.15) is 5.82 Å². The Morgan fingerprint density at radius 2 is 1.80 bits per heavy atom. The normalized spacial score (nSPS) is 16.1. The van der Waals surface area contributed by atoms with Crippen molar-refractivity contribution in [2.24, 2.45) is 0 Å². The van der Waals surface area contributed by atoms with Crippen molar-refractivity contribution in [3.05, 3.63) is 65.5 Å². The molecule has 0 aliphatic carbocycles. The maximum atomic E-state index is 13.1. The van der Waals surface area contributed by atoms with E-state index in [9.17, 15) is 17.6 Å². The lowest BCUT2D eigenvalue weighted by Gasteiger charge is -2.27. The van der Waals surface area contributed by atoms with Gasteiger partial charge in [0.25, 0.3) is 0 Å². The first-order valence-electron chi connectivity index (χ1n) is 9.72. The van der Waals surface area contributed by atoms with Crippen molar-refractivity contribution >= 4 is 16.1 Å². The monoisotopic (exact) mass is 435 g/mol. The number of urea groups is 1. The number of hydrogen-bond donors (Lipinski definition) is 1. The van der Waals surface area contributed by atoms with Crippen LogP contribution in [0.3, 0.4) is 0 Å². The summed E-state index contributed by atoms with van der Waals surface area (Å²) in [5.41, 5.74) is 1.31. The van der Waals surface area contributed by atoms with Crippen molar-refractivity contribution in [2.45, 2.75) is 24.4 Å². The molecule has 1 atom stereocenters. The first-order chi connectivity index (χ1) is 14.3. The number of nitrogens with one attached hydrogen (secondary N) is 1. The van der Waals surface area contributed by atoms with E-state index in [-0.39, 0.29) is 29.3 Å². The fourth-order valence-electron chi connectivity index (χ4n) is 3.26. The number of nitrogens with zero attached hydrogens (tertiary/aromatic N) is 2. The summed E-state index contributed by atoms with van der Waals surface area (Å²) in [6.45, 7) is 3.25. The maximum absolute atomic E-state index is 13.1. The third-order valence-electron chi connectivity index (χ3n) is 5.24. The number of amides is 2. The van der Waals surface area contributed by atoms with Crippen LogP contribution in [0.15, 0.2) is 53.4 Å². The molecule has 0 spiro atoms. The number of benzene rings is 2. The van der Waals surface area contributed by atoms with E-state index >= 15 is 0 Å². The van der Waals surface area contributed by atoms with Gasteiger partial charge in [-0.1, -0.05) is 30.3 Å². The van der Waals surface area contributed by atoms with Crippen LogP contribution in [0.2, 0.25) is 0 Å². The number of ether oxygens (including phenoxy) is 1. The van der Waals surface area contributed by atoms with E-state index in [1.165, 1.54) is 21.3 Å². The number of hydrogen-bond acceptors (Lipinski definition) is 4. The molecular weight excluding hydrogens is 409 g/mol. The summed E-state index contributed by atoms with van der Waals surface area (Å²) in [6.07, 6.45) is 0. The largest absolute Gasteiger partial charge is 0.379 e. The molecule has 2 aromatic rings. The molecule has 0 radical (unpaired) electrons. The summed E-state index contributed by atoms with van der Waals surface area (Å²) in [5, 5.41) is 2.78. The predicted octanol–water partition coefficient (Wildman–Crippen LogP) is 2.75. The highest BCUT2D eigenvalue weighted by molar-refractivity contribution is 7.89. The number of carbonyl (C=O) groups is 1. The second kappa shape index (κ2) is 9.55. The second-order valence-electron chi connectivity index (χ2n) is 7.12. The molecule has 7 nitrogen and oxygen atoms in total. The molecule has 1 heterocycles. The molecule has 3 rings (SSSR count). The lowest BCUT2D eigenvalue weighted by atomic mass is 10.1. The van der Waals surface area contributed by atoms with Crippen LogP contribution in [0, 0.1) is 5.82 Å². The smallest absolute Gasteiger partial charge is 0.317 e. The minimum atomic E-state index is -3.67. The molecular formula is C21H26FN3O4S. The van der Waals surface area contributed by atoms with Gasteiger partial charge in [-0.25, -0.2) is 17.6 Å². The number of carbonyl (C=O) groups excluding carboxylic acids is 1. The third kappa shape index (κ3) is 4.97. The Bertz CT molecular complexity index is 976. The lowest BCUT2D eigenvalue weighted by molar-refractivity contribution is 0.0730. The Labute approximate surface area is 176 Å². The van der Waals surface area contributed by atoms with Crippen molar-refractivity contribution < 1.29 is 22.3 Å². The van der Waals surface area contributed by atoms with Gasteiger partial charge in [0.15, 0.2) is 0 Å². The number of rotatable bonds is 6. The SMILES string of the molecule is CC(c1ccc(F)cc1)N(C)C(=O)NCc1ccccc1S(=O)(=O)N1CCOCC1. The van der Waals surface area contributed by atoms with Crippen LogP contribution >= 0.6 is 0 Å². The van der Waals surface area contributed by atoms with E-state index in [0.29, 0.717) is 31.9 Å². The van der Waals surface area contributed by atoms with Gasteiger partial charge in [-0.05, 0) is 36.2 Å². The van der Waals surface area contributed by atoms with E-state index in [4.69, 9.17) is 4.74 Å². The van der Waals surface area contributed by atoms with Gasteiger partial charge in [0.05, 0.1) is 24.2 Å². The Morgan fingerprint density at radius 3 is 2.47 bits per heavy atom. The second-order valence-corrected chi connectivity index (χ2v) is 9.03. The van der Waals surface area contributed by atoms with Crippen LogP contribution in [0.4, 0.5) is 9.18 Å². The number of morpholine rings is 1. The molecule has 1 fully saturated rings. The van der Waals surface area contributed by atoms with Crippen molar-refractivity contribution in [3.63, 3.8) is 0 Å². The summed E-state index contributed by atoms with van der Waals surface area (Å²) in [4.78, 5) is 14.3. The Kier molecular flexibility index (Phi) is 7.06. The van der Waals surface area contributed by atoms with Crippen LogP contribution in [0.25, 0.3) is 0 Å². The Balaban J connectivity index is 1.70. The third-order valence-corrected chi connectivity index (χ3v) is 7.24. The summed E-state index contributed by atoms with van der Waals surface area (Å²) in [7, 11) is -2.03. The minimum Gasteiger partial charge on any atom is -0.379 e. The topological polar surface area (TPSA) is 79.0 Å². The Morgan fingerprint density at radius 1 is 1.17 bits per heavy atom. The van der Waals surface area contributed by atoms with Gasteiger partial charge >= 0.3 is 6.03 Å². The summed E-state index contributed by atoms with van der Waals surface area (Å²) < 4.78 is 45.8. The molecule has 0 aromatic heterocycles. The van der Waals surface area contributed by atoms with Crippen LogP contribution in [-0.4, -0.2) is 57.0 Å². The molecule has 0 bridgehead atoms. The summed E-state index contributed by atoms with van der Waals surface area (Å²) in [5.74, 6) is -0.337. The first kappa shape index (κ1) is 22.2. The predicted molar refractivity (Wildman–Crippen MR) is 111 cm³/mol. The van der Waals surface area contributed by atoms with Crippen molar-refractivity contribution in [1.82, 2.24) is 14.5 Å². The standard InChI is InChI=1S/C21H26FN3O4S/c1-16(17-7-9-19(22)10-8-17)24(2)21(26)23-15-18-5-3-4-6-20(18)30(27,28)25-11-13-29-14-12-25/h3-10,16H,11-15H2,1-2H3,(H,23,26). The molecule has 2 aromatic carbocycles. The van der Waals surface area contributed by atoms with Crippen LogP contribution in [0.1, 0.15) is 24.1 Å². The molecule has 2 amide bonds. The number of sulfonamides is 1. The summed E-state index contributed by atoms with van der Waals surface area (Å²) in [6, 6.07) is 12.0. The van der Waals surface area contributed by atoms with E-state index in [2.05, 4.69) is 5.32 Å². The average Bonchev–Trinajstić information content (AvgIpc) is 2.77. The zero-order valence-corrected chi connectivity index (χ0v) is 17.9. The van der Waals surface area contributed by atoms with Crippen molar-refractivity contribution in [2.75, 3.05) is 33.4 Å². The molecule has 1 N–H and O–H groups in total. The maximum Gasteiger partial charge on any atom is 0.317 e. The van der Waals surface area contributed by atoms with Crippen LogP contribution in [-0.2, 0) is 21.3 Å². The van der Waals surface area contributed by atoms with Gasteiger partial charge in [0.2, 0.25) is 10.0 Å². The summed E-state index contributed by atoms with van der Waals surface area (Å²) >= 11 is 0. The zero-order chi connectivity index (χ0) is 21.7. The molecule has 30 heavy (non-hydrogen) atoms. The molecule has 1 saturated heterocycles. The molecule has 0 saturated carbocycles. The van der Waals surface area contributed by atoms with Crippen molar-refractivity contribution in [1.29, 1.82) is 0 Å². The average molecular weight is 436 g/mol. The minimum absolute atomic E-state index is 0.0685. The van der Waals surface area contributed by atoms with Crippen LogP contribution < -0.4 is 5.32 Å².